The minimum atomic E-state index is -1.80. The van der Waals surface area contributed by atoms with Crippen LogP contribution < -0.4 is 5.32 Å². The number of allylic oxidation sites excluding steroid dienone is 10. The van der Waals surface area contributed by atoms with Gasteiger partial charge in [-0.2, -0.15) is 0 Å². The number of aliphatic hydroxyl groups excluding tert-OH is 8. The van der Waals surface area contributed by atoms with Crippen LogP contribution in [0.1, 0.15) is 117 Å². The van der Waals surface area contributed by atoms with Gasteiger partial charge in [0.1, 0.15) is 48.8 Å². The van der Waals surface area contributed by atoms with Gasteiger partial charge in [0, 0.05) is 6.42 Å². The lowest BCUT2D eigenvalue weighted by Gasteiger charge is -2.46. The molecular weight excluding hydrogens is 774 g/mol. The number of amides is 1. The molecule has 12 atom stereocenters. The molecule has 60 heavy (non-hydrogen) atoms. The maximum atomic E-state index is 13.0. The summed E-state index contributed by atoms with van der Waals surface area (Å²) in [4.78, 5) is 13.0. The molecule has 0 aromatic heterocycles. The second-order valence-corrected chi connectivity index (χ2v) is 15.5. The maximum Gasteiger partial charge on any atom is 0.224 e. The van der Waals surface area contributed by atoms with E-state index in [0.717, 1.165) is 51.4 Å². The van der Waals surface area contributed by atoms with Crippen molar-refractivity contribution in [2.45, 2.75) is 190 Å². The lowest BCUT2D eigenvalue weighted by atomic mass is 9.97. The number of hydrogen-bond acceptors (Lipinski definition) is 13. The first-order chi connectivity index (χ1) is 29.1. The van der Waals surface area contributed by atoms with Crippen LogP contribution in [-0.4, -0.2) is 140 Å². The second kappa shape index (κ2) is 33.0. The molecule has 344 valence electrons. The van der Waals surface area contributed by atoms with Gasteiger partial charge >= 0.3 is 0 Å². The van der Waals surface area contributed by atoms with E-state index in [0.29, 0.717) is 6.42 Å². The van der Waals surface area contributed by atoms with Gasteiger partial charge in [-0.1, -0.05) is 138 Å². The summed E-state index contributed by atoms with van der Waals surface area (Å²) in [5.41, 5.74) is 0. The monoisotopic (exact) mass is 852 g/mol. The Bertz CT molecular complexity index is 1280. The average molecular weight is 852 g/mol. The van der Waals surface area contributed by atoms with Gasteiger partial charge in [0.15, 0.2) is 12.6 Å². The van der Waals surface area contributed by atoms with E-state index >= 15 is 0 Å². The number of carbonyl (C=O) groups is 1. The topological polar surface area (TPSA) is 228 Å². The van der Waals surface area contributed by atoms with E-state index in [-0.39, 0.29) is 18.9 Å². The largest absolute Gasteiger partial charge is 0.394 e. The molecule has 0 spiro atoms. The van der Waals surface area contributed by atoms with E-state index in [1.54, 1.807) is 12.2 Å². The van der Waals surface area contributed by atoms with Crippen LogP contribution >= 0.6 is 0 Å². The summed E-state index contributed by atoms with van der Waals surface area (Å²) in [6, 6.07) is -0.969. The van der Waals surface area contributed by atoms with Crippen LogP contribution in [0.3, 0.4) is 0 Å². The Morgan fingerprint density at radius 3 is 1.70 bits per heavy atom. The molecule has 2 rings (SSSR count). The van der Waals surface area contributed by atoms with Crippen molar-refractivity contribution < 1.29 is 64.6 Å². The molecule has 2 fully saturated rings. The zero-order valence-electron chi connectivity index (χ0n) is 35.9. The van der Waals surface area contributed by atoms with E-state index in [1.165, 1.54) is 38.5 Å². The molecule has 0 aliphatic carbocycles. The molecule has 14 heteroatoms. The summed E-state index contributed by atoms with van der Waals surface area (Å²) in [6.45, 7) is 2.54. The Morgan fingerprint density at radius 2 is 1.13 bits per heavy atom. The van der Waals surface area contributed by atoms with Crippen molar-refractivity contribution >= 4 is 5.91 Å². The number of rotatable bonds is 31. The molecular formula is C46H77NO13. The zero-order chi connectivity index (χ0) is 44.0. The molecule has 2 saturated heterocycles. The molecule has 1 amide bonds. The number of unbranched alkanes of at least 4 members (excludes halogenated alkanes) is 9. The van der Waals surface area contributed by atoms with E-state index in [9.17, 15) is 45.6 Å². The molecule has 12 unspecified atom stereocenters. The first kappa shape index (κ1) is 53.6. The maximum absolute atomic E-state index is 13.0. The Labute approximate surface area is 358 Å². The molecule has 14 nitrogen and oxygen atoms in total. The molecule has 0 radical (unpaired) electrons. The highest BCUT2D eigenvalue weighted by Gasteiger charge is 2.50. The van der Waals surface area contributed by atoms with Crippen molar-refractivity contribution in [2.75, 3.05) is 19.8 Å². The highest BCUT2D eigenvalue weighted by molar-refractivity contribution is 5.77. The number of nitrogens with one attached hydrogen (secondary N) is 1. The lowest BCUT2D eigenvalue weighted by Crippen LogP contribution is -2.65. The quantitative estimate of drug-likeness (QED) is 0.0354. The van der Waals surface area contributed by atoms with Gasteiger partial charge in [-0.05, 0) is 44.9 Å². The van der Waals surface area contributed by atoms with Crippen LogP contribution in [0.5, 0.6) is 0 Å². The fourth-order valence-electron chi connectivity index (χ4n) is 6.77. The van der Waals surface area contributed by atoms with Crippen LogP contribution in [0, 0.1) is 0 Å². The predicted molar refractivity (Wildman–Crippen MR) is 230 cm³/mol. The van der Waals surface area contributed by atoms with Gasteiger partial charge in [0.2, 0.25) is 5.91 Å². The van der Waals surface area contributed by atoms with Gasteiger partial charge in [-0.25, -0.2) is 0 Å². The van der Waals surface area contributed by atoms with Gasteiger partial charge in [0.05, 0.1) is 32.0 Å². The third-order valence-electron chi connectivity index (χ3n) is 10.4. The van der Waals surface area contributed by atoms with Gasteiger partial charge < -0.3 is 65.1 Å². The summed E-state index contributed by atoms with van der Waals surface area (Å²) in [6.07, 6.45) is 22.7. The fraction of sp³-hybridized carbons (Fsp3) is 0.717. The number of hydrogen-bond donors (Lipinski definition) is 9. The number of carbonyl (C=O) groups excluding carboxylic acids is 1. The Balaban J connectivity index is 1.96. The van der Waals surface area contributed by atoms with Crippen LogP contribution in [0.2, 0.25) is 0 Å². The van der Waals surface area contributed by atoms with Crippen molar-refractivity contribution in [3.05, 3.63) is 72.9 Å². The molecule has 2 aliphatic heterocycles. The van der Waals surface area contributed by atoms with Crippen molar-refractivity contribution in [1.82, 2.24) is 5.32 Å². The van der Waals surface area contributed by atoms with Crippen LogP contribution in [0.15, 0.2) is 72.9 Å². The number of aliphatic hydroxyl groups is 8. The zero-order valence-corrected chi connectivity index (χ0v) is 35.9. The summed E-state index contributed by atoms with van der Waals surface area (Å²) < 4.78 is 22.5. The first-order valence-electron chi connectivity index (χ1n) is 22.2. The predicted octanol–water partition coefficient (Wildman–Crippen LogP) is 4.09. The van der Waals surface area contributed by atoms with Crippen molar-refractivity contribution in [1.29, 1.82) is 0 Å². The lowest BCUT2D eigenvalue weighted by molar-refractivity contribution is -0.359. The van der Waals surface area contributed by atoms with Crippen LogP contribution in [0.25, 0.3) is 0 Å². The minimum absolute atomic E-state index is 0.0454. The highest BCUT2D eigenvalue weighted by Crippen LogP contribution is 2.29. The molecule has 0 aromatic rings. The van der Waals surface area contributed by atoms with E-state index in [1.807, 2.05) is 18.2 Å². The highest BCUT2D eigenvalue weighted by atomic mass is 16.7. The standard InChI is InChI=1S/C46H77NO13/c1-3-5-7-9-11-13-15-16-17-18-20-22-24-26-28-30-38(51)47-34(35(50)29-27-25-23-21-19-14-12-10-8-6-4-2)33-57-45-43(56)41(54)44(37(32-49)59-45)60-46-42(55)40(53)39(52)36(31-48)58-46/h5,7,11,13,16-17,20,22,26-29,34-37,39-46,48-50,52-56H,3-4,6,8-10,12,14-15,18-19,21,23-25,30-33H2,1-2H3,(H,47,51)/b7-5-,13-11-,17-16-,22-20-,28-26-,29-27+. The van der Waals surface area contributed by atoms with E-state index in [4.69, 9.17) is 18.9 Å². The molecule has 2 heterocycles. The van der Waals surface area contributed by atoms with E-state index in [2.05, 4.69) is 61.7 Å². The third kappa shape index (κ3) is 21.0. The average Bonchev–Trinajstić information content (AvgIpc) is 3.24. The Hall–Kier alpha value is -2.57. The van der Waals surface area contributed by atoms with Gasteiger partial charge in [-0.3, -0.25) is 4.79 Å². The van der Waals surface area contributed by atoms with Gasteiger partial charge in [0.25, 0.3) is 0 Å². The summed E-state index contributed by atoms with van der Waals surface area (Å²) in [5.74, 6) is -0.372. The Kier molecular flexibility index (Phi) is 29.5. The molecule has 0 saturated carbocycles. The molecule has 9 N–H and O–H groups in total. The van der Waals surface area contributed by atoms with Crippen LogP contribution in [-0.2, 0) is 23.7 Å². The van der Waals surface area contributed by atoms with Gasteiger partial charge in [-0.15, -0.1) is 0 Å². The molecule has 0 aromatic carbocycles. The Morgan fingerprint density at radius 1 is 0.617 bits per heavy atom. The summed E-state index contributed by atoms with van der Waals surface area (Å²) in [7, 11) is 0. The molecule has 2 aliphatic rings. The summed E-state index contributed by atoms with van der Waals surface area (Å²) in [5, 5.41) is 86.2. The normalized spacial score (nSPS) is 29.0. The smallest absolute Gasteiger partial charge is 0.224 e. The third-order valence-corrected chi connectivity index (χ3v) is 10.4. The molecule has 0 bridgehead atoms. The van der Waals surface area contributed by atoms with E-state index < -0.39 is 86.8 Å². The fourth-order valence-corrected chi connectivity index (χ4v) is 6.77. The first-order valence-corrected chi connectivity index (χ1v) is 22.2. The second-order valence-electron chi connectivity index (χ2n) is 15.5. The van der Waals surface area contributed by atoms with Crippen LogP contribution in [0.4, 0.5) is 0 Å². The summed E-state index contributed by atoms with van der Waals surface area (Å²) >= 11 is 0. The van der Waals surface area contributed by atoms with Crippen molar-refractivity contribution in [2.24, 2.45) is 0 Å². The van der Waals surface area contributed by atoms with Crippen molar-refractivity contribution in [3.63, 3.8) is 0 Å². The SMILES string of the molecule is CC/C=C\C/C=C\C/C=C\C/C=C\C/C=C\CC(=O)NC(COC1OC(CO)C(OC2OC(CO)C(O)C(O)C2O)C(O)C1O)C(O)/C=C/CCCCCCCCCCC. The minimum Gasteiger partial charge on any atom is -0.394 e. The number of ether oxygens (including phenoxy) is 4. The van der Waals surface area contributed by atoms with Crippen molar-refractivity contribution in [3.8, 4) is 0 Å².